The van der Waals surface area contributed by atoms with Crippen LogP contribution >= 0.6 is 15.9 Å². The zero-order chi connectivity index (χ0) is 12.0. The molecule has 0 bridgehead atoms. The summed E-state index contributed by atoms with van der Waals surface area (Å²) in [6, 6.07) is 0.514. The number of nitrogens with one attached hydrogen (secondary N) is 1. The highest BCUT2D eigenvalue weighted by Gasteiger charge is 2.26. The van der Waals surface area contributed by atoms with Crippen LogP contribution in [0, 0.1) is 5.92 Å². The van der Waals surface area contributed by atoms with Gasteiger partial charge in [0.15, 0.2) is 0 Å². The van der Waals surface area contributed by atoms with E-state index in [1.165, 1.54) is 0 Å². The van der Waals surface area contributed by atoms with Gasteiger partial charge in [-0.15, -0.1) is 0 Å². The summed E-state index contributed by atoms with van der Waals surface area (Å²) < 4.78 is 6.01. The Morgan fingerprint density at radius 2 is 2.06 bits per heavy atom. The fourth-order valence-electron chi connectivity index (χ4n) is 2.05. The largest absolute Gasteiger partial charge is 0.466 e. The molecule has 0 amide bonds. The van der Waals surface area contributed by atoms with Crippen molar-refractivity contribution in [1.82, 2.24) is 5.32 Å². The first kappa shape index (κ1) is 13.7. The molecule has 0 unspecified atom stereocenters. The van der Waals surface area contributed by atoms with Crippen molar-refractivity contribution in [3.63, 3.8) is 0 Å². The Morgan fingerprint density at radius 1 is 1.44 bits per heavy atom. The molecule has 1 aliphatic rings. The molecule has 0 saturated heterocycles. The lowest BCUT2D eigenvalue weighted by molar-refractivity contribution is -0.149. The number of carbonyl (C=O) groups excluding carboxylic acids is 1. The summed E-state index contributed by atoms with van der Waals surface area (Å²) in [6.07, 6.45) is 3.96. The van der Waals surface area contributed by atoms with Crippen LogP contribution in [0.15, 0.2) is 11.1 Å². The van der Waals surface area contributed by atoms with Gasteiger partial charge in [-0.1, -0.05) is 22.5 Å². The summed E-state index contributed by atoms with van der Waals surface area (Å²) in [7, 11) is 0. The van der Waals surface area contributed by atoms with E-state index in [2.05, 4.69) is 27.8 Å². The van der Waals surface area contributed by atoms with E-state index in [-0.39, 0.29) is 11.9 Å². The molecule has 0 radical (unpaired) electrons. The fourth-order valence-corrected chi connectivity index (χ4v) is 2.21. The molecule has 0 atom stereocenters. The number of esters is 1. The maximum atomic E-state index is 11.5. The maximum Gasteiger partial charge on any atom is 0.308 e. The smallest absolute Gasteiger partial charge is 0.308 e. The van der Waals surface area contributed by atoms with Crippen LogP contribution in [0.1, 0.15) is 32.6 Å². The van der Waals surface area contributed by atoms with Crippen molar-refractivity contribution in [2.24, 2.45) is 5.92 Å². The van der Waals surface area contributed by atoms with Crippen LogP contribution in [0.2, 0.25) is 0 Å². The number of hydrogen-bond donors (Lipinski definition) is 1. The third-order valence-electron chi connectivity index (χ3n) is 2.93. The third kappa shape index (κ3) is 4.66. The molecule has 1 N–H and O–H groups in total. The highest BCUT2D eigenvalue weighted by Crippen LogP contribution is 2.25. The van der Waals surface area contributed by atoms with Crippen molar-refractivity contribution < 1.29 is 9.53 Å². The summed E-state index contributed by atoms with van der Waals surface area (Å²) in [5, 5.41) is 3.41. The van der Waals surface area contributed by atoms with E-state index in [4.69, 9.17) is 4.74 Å². The average Bonchev–Trinajstić information content (AvgIpc) is 2.27. The minimum atomic E-state index is -0.0224. The van der Waals surface area contributed by atoms with Crippen LogP contribution in [-0.4, -0.2) is 25.2 Å². The van der Waals surface area contributed by atoms with Gasteiger partial charge in [-0.3, -0.25) is 4.79 Å². The molecule has 1 fully saturated rings. The van der Waals surface area contributed by atoms with Gasteiger partial charge >= 0.3 is 5.97 Å². The molecule has 1 saturated carbocycles. The van der Waals surface area contributed by atoms with E-state index >= 15 is 0 Å². The normalized spacial score (nSPS) is 25.1. The minimum absolute atomic E-state index is 0.0224. The van der Waals surface area contributed by atoms with Gasteiger partial charge in [-0.2, -0.15) is 0 Å². The number of halogens is 1. The van der Waals surface area contributed by atoms with Crippen molar-refractivity contribution in [2.45, 2.75) is 38.6 Å². The number of hydrogen-bond acceptors (Lipinski definition) is 3. The van der Waals surface area contributed by atoms with E-state index in [1.54, 1.807) is 0 Å². The van der Waals surface area contributed by atoms with Crippen molar-refractivity contribution in [3.8, 4) is 0 Å². The molecular weight excluding hydrogens is 270 g/mol. The van der Waals surface area contributed by atoms with E-state index in [9.17, 15) is 4.79 Å². The monoisotopic (exact) mass is 289 g/mol. The van der Waals surface area contributed by atoms with Gasteiger partial charge in [0.1, 0.15) is 0 Å². The van der Waals surface area contributed by atoms with Crippen LogP contribution in [0.4, 0.5) is 0 Å². The summed E-state index contributed by atoms with van der Waals surface area (Å²) in [5.74, 6) is 0.0935. The minimum Gasteiger partial charge on any atom is -0.466 e. The molecule has 0 heterocycles. The van der Waals surface area contributed by atoms with E-state index in [0.29, 0.717) is 12.6 Å². The van der Waals surface area contributed by atoms with Crippen molar-refractivity contribution >= 4 is 21.9 Å². The molecule has 92 valence electrons. The van der Waals surface area contributed by atoms with Gasteiger partial charge in [-0.25, -0.2) is 0 Å². The van der Waals surface area contributed by atoms with Gasteiger partial charge < -0.3 is 10.1 Å². The topological polar surface area (TPSA) is 38.3 Å². The molecule has 0 aromatic rings. The first-order valence-corrected chi connectivity index (χ1v) is 6.66. The number of carbonyl (C=O) groups is 1. The molecule has 16 heavy (non-hydrogen) atoms. The maximum absolute atomic E-state index is 11.5. The highest BCUT2D eigenvalue weighted by atomic mass is 79.9. The molecule has 0 spiro atoms. The standard InChI is InChI=1S/C12H20BrNO2/c1-3-16-12(15)10-4-6-11(7-5-10)14-8-9(2)13/h10-11,14H,2-8H2,1H3. The lowest BCUT2D eigenvalue weighted by atomic mass is 9.86. The van der Waals surface area contributed by atoms with Gasteiger partial charge in [0.05, 0.1) is 12.5 Å². The molecule has 1 aliphatic carbocycles. The van der Waals surface area contributed by atoms with E-state index in [1.807, 2.05) is 6.92 Å². The third-order valence-corrected chi connectivity index (χ3v) is 3.21. The SMILES string of the molecule is C=C(Br)CNC1CCC(C(=O)OCC)CC1. The molecule has 0 aromatic carbocycles. The first-order valence-electron chi connectivity index (χ1n) is 5.86. The number of ether oxygens (including phenoxy) is 1. The average molecular weight is 290 g/mol. The van der Waals surface area contributed by atoms with Gasteiger partial charge in [0.25, 0.3) is 0 Å². The zero-order valence-corrected chi connectivity index (χ0v) is 11.4. The van der Waals surface area contributed by atoms with Crippen LogP contribution in [-0.2, 0) is 9.53 Å². The van der Waals surface area contributed by atoms with Crippen LogP contribution in [0.25, 0.3) is 0 Å². The second-order valence-electron chi connectivity index (χ2n) is 4.20. The van der Waals surface area contributed by atoms with Gasteiger partial charge in [-0.05, 0) is 32.6 Å². The Labute approximate surface area is 106 Å². The summed E-state index contributed by atoms with van der Waals surface area (Å²) in [4.78, 5) is 11.5. The van der Waals surface area contributed by atoms with E-state index < -0.39 is 0 Å². The Bertz CT molecular complexity index is 247. The zero-order valence-electron chi connectivity index (χ0n) is 9.80. The van der Waals surface area contributed by atoms with Crippen molar-refractivity contribution in [2.75, 3.05) is 13.2 Å². The Balaban J connectivity index is 2.23. The Hall–Kier alpha value is -0.350. The lowest BCUT2D eigenvalue weighted by Gasteiger charge is -2.27. The van der Waals surface area contributed by atoms with Crippen LogP contribution < -0.4 is 5.32 Å². The van der Waals surface area contributed by atoms with Gasteiger partial charge in [0.2, 0.25) is 0 Å². The molecule has 4 heteroatoms. The second kappa shape index (κ2) is 7.07. The molecule has 0 aromatic heterocycles. The van der Waals surface area contributed by atoms with Crippen LogP contribution in [0.3, 0.4) is 0 Å². The lowest BCUT2D eigenvalue weighted by Crippen LogP contribution is -2.35. The fraction of sp³-hybridized carbons (Fsp3) is 0.750. The molecule has 1 rings (SSSR count). The summed E-state index contributed by atoms with van der Waals surface area (Å²) >= 11 is 3.33. The number of rotatable bonds is 5. The second-order valence-corrected chi connectivity index (χ2v) is 5.32. The van der Waals surface area contributed by atoms with E-state index in [0.717, 1.165) is 36.7 Å². The molecule has 0 aliphatic heterocycles. The quantitative estimate of drug-likeness (QED) is 0.791. The summed E-state index contributed by atoms with van der Waals surface area (Å²) in [6.45, 7) is 6.93. The highest BCUT2D eigenvalue weighted by molar-refractivity contribution is 9.11. The molecular formula is C12H20BrNO2. The summed E-state index contributed by atoms with van der Waals surface area (Å²) in [5.41, 5.74) is 0. The first-order chi connectivity index (χ1) is 7.63. The Morgan fingerprint density at radius 3 is 2.56 bits per heavy atom. The Kier molecular flexibility index (Phi) is 6.06. The predicted molar refractivity (Wildman–Crippen MR) is 68.4 cm³/mol. The molecule has 3 nitrogen and oxygen atoms in total. The van der Waals surface area contributed by atoms with Crippen molar-refractivity contribution in [1.29, 1.82) is 0 Å². The van der Waals surface area contributed by atoms with Crippen LogP contribution in [0.5, 0.6) is 0 Å². The van der Waals surface area contributed by atoms with Crippen molar-refractivity contribution in [3.05, 3.63) is 11.1 Å². The predicted octanol–water partition coefficient (Wildman–Crippen LogP) is 2.61. The van der Waals surface area contributed by atoms with Gasteiger partial charge in [0, 0.05) is 17.1 Å².